The Morgan fingerprint density at radius 3 is 1.49 bits per heavy atom. The van der Waals surface area contributed by atoms with E-state index < -0.39 is 13.9 Å². The number of allylic oxidation sites excluding steroid dienone is 2. The first kappa shape index (κ1) is 50.2. The molecule has 0 saturated carbocycles. The van der Waals surface area contributed by atoms with Crippen molar-refractivity contribution in [3.8, 4) is 0 Å². The zero-order valence-corrected chi connectivity index (χ0v) is 35.2. The number of rotatable bonds is 40. The van der Waals surface area contributed by atoms with Crippen molar-refractivity contribution in [2.75, 3.05) is 54.1 Å². The first-order chi connectivity index (χ1) is 24.6. The molecule has 0 heterocycles. The van der Waals surface area contributed by atoms with E-state index >= 15 is 0 Å². The maximum absolute atomic E-state index is 12.6. The third-order valence-electron chi connectivity index (χ3n) is 9.32. The minimum Gasteiger partial charge on any atom is -0.756 e. The average Bonchev–Trinajstić information content (AvgIpc) is 3.08. The van der Waals surface area contributed by atoms with E-state index in [1.54, 1.807) is 0 Å². The zero-order chi connectivity index (χ0) is 37.7. The van der Waals surface area contributed by atoms with E-state index in [9.17, 15) is 14.3 Å². The van der Waals surface area contributed by atoms with Crippen molar-refractivity contribution in [3.63, 3.8) is 0 Å². The molecule has 0 aromatic heterocycles. The number of carbonyl (C=O) groups is 1. The fourth-order valence-electron chi connectivity index (χ4n) is 5.95. The second-order valence-electron chi connectivity index (χ2n) is 15.7. The number of nitrogens with zero attached hydrogens (tertiary/aromatic N) is 1. The smallest absolute Gasteiger partial charge is 0.306 e. The van der Waals surface area contributed by atoms with E-state index in [-0.39, 0.29) is 25.8 Å². The van der Waals surface area contributed by atoms with Crippen molar-refractivity contribution in [3.05, 3.63) is 12.2 Å². The highest BCUT2D eigenvalue weighted by Crippen LogP contribution is 2.38. The Bertz CT molecular complexity index is 833. The molecule has 304 valence electrons. The first-order valence-corrected chi connectivity index (χ1v) is 22.9. The number of ether oxygens (including phenoxy) is 2. The second kappa shape index (κ2) is 36.2. The number of likely N-dealkylation sites (N-methyl/N-ethyl adjacent to an activating group) is 1. The molecule has 0 N–H and O–H groups in total. The minimum atomic E-state index is -4.52. The van der Waals surface area contributed by atoms with E-state index in [0.717, 1.165) is 32.1 Å². The monoisotopic (exact) mass is 746 g/mol. The van der Waals surface area contributed by atoms with Gasteiger partial charge in [-0.1, -0.05) is 161 Å². The molecular formula is C42H84NO7P. The summed E-state index contributed by atoms with van der Waals surface area (Å²) in [5.41, 5.74) is 0. The van der Waals surface area contributed by atoms with Crippen molar-refractivity contribution in [1.29, 1.82) is 0 Å². The average molecular weight is 746 g/mol. The van der Waals surface area contributed by atoms with Crippen LogP contribution in [0.3, 0.4) is 0 Å². The molecule has 0 radical (unpaired) electrons. The molecule has 2 unspecified atom stereocenters. The van der Waals surface area contributed by atoms with Crippen molar-refractivity contribution in [1.82, 2.24) is 0 Å². The van der Waals surface area contributed by atoms with Crippen LogP contribution >= 0.6 is 7.82 Å². The standard InChI is InChI=1S/C42H84NO7P/c1-6-8-10-12-14-16-18-20-21-22-23-24-26-28-30-32-34-37-47-39-41(40-49-51(45,46)48-38-36-43(3,4)5)50-42(44)35-33-31-29-27-25-19-17-15-13-11-9-7-2/h21-22,41H,6-20,23-40H2,1-5H3/b22-21-. The summed E-state index contributed by atoms with van der Waals surface area (Å²) in [6.07, 6.45) is 37.9. The van der Waals surface area contributed by atoms with Gasteiger partial charge in [-0.15, -0.1) is 0 Å². The van der Waals surface area contributed by atoms with Crippen LogP contribution in [0.2, 0.25) is 0 Å². The number of phosphoric ester groups is 1. The third kappa shape index (κ3) is 40.3. The van der Waals surface area contributed by atoms with Crippen molar-refractivity contribution >= 4 is 13.8 Å². The summed E-state index contributed by atoms with van der Waals surface area (Å²) < 4.78 is 34.5. The van der Waals surface area contributed by atoms with Crippen LogP contribution in [0.25, 0.3) is 0 Å². The van der Waals surface area contributed by atoms with Gasteiger partial charge in [0.25, 0.3) is 7.82 Å². The Morgan fingerprint density at radius 1 is 0.588 bits per heavy atom. The molecule has 0 rings (SSSR count). The van der Waals surface area contributed by atoms with Crippen LogP contribution in [0.1, 0.15) is 194 Å². The van der Waals surface area contributed by atoms with Gasteiger partial charge in [-0.3, -0.25) is 9.36 Å². The highest BCUT2D eigenvalue weighted by molar-refractivity contribution is 7.45. The molecule has 0 aromatic rings. The van der Waals surface area contributed by atoms with Gasteiger partial charge in [-0.05, 0) is 38.5 Å². The lowest BCUT2D eigenvalue weighted by atomic mass is 10.0. The molecule has 0 saturated heterocycles. The molecule has 9 heteroatoms. The predicted octanol–water partition coefficient (Wildman–Crippen LogP) is 11.6. The number of hydrogen-bond acceptors (Lipinski definition) is 7. The fourth-order valence-corrected chi connectivity index (χ4v) is 6.68. The van der Waals surface area contributed by atoms with Gasteiger partial charge in [0.15, 0.2) is 0 Å². The zero-order valence-electron chi connectivity index (χ0n) is 34.3. The Morgan fingerprint density at radius 2 is 1.02 bits per heavy atom. The van der Waals surface area contributed by atoms with Crippen molar-refractivity contribution < 1.29 is 37.3 Å². The van der Waals surface area contributed by atoms with Gasteiger partial charge in [0.2, 0.25) is 0 Å². The molecule has 0 bridgehead atoms. The molecule has 51 heavy (non-hydrogen) atoms. The molecule has 0 spiro atoms. The lowest BCUT2D eigenvalue weighted by Crippen LogP contribution is -2.37. The Balaban J connectivity index is 4.21. The number of carbonyl (C=O) groups excluding carboxylic acids is 1. The number of unbranched alkanes of at least 4 members (excludes halogenated alkanes) is 24. The number of quaternary nitrogens is 1. The number of esters is 1. The largest absolute Gasteiger partial charge is 0.756 e. The van der Waals surface area contributed by atoms with Crippen LogP contribution < -0.4 is 4.89 Å². The van der Waals surface area contributed by atoms with Gasteiger partial charge in [-0.2, -0.15) is 0 Å². The van der Waals surface area contributed by atoms with E-state index in [2.05, 4.69) is 26.0 Å². The van der Waals surface area contributed by atoms with Crippen LogP contribution in [0.15, 0.2) is 12.2 Å². The SMILES string of the molecule is CCCCCCCCC/C=C\CCCCCCCCOCC(COP(=O)([O-])OCC[N+](C)(C)C)OC(=O)CCCCCCCCCCCCCC. The number of phosphoric acid groups is 1. The van der Waals surface area contributed by atoms with Gasteiger partial charge < -0.3 is 27.9 Å². The van der Waals surface area contributed by atoms with Crippen molar-refractivity contribution in [2.45, 2.75) is 200 Å². The Labute approximate surface area is 316 Å². The van der Waals surface area contributed by atoms with Gasteiger partial charge in [-0.25, -0.2) is 0 Å². The quantitative estimate of drug-likeness (QED) is 0.0203. The van der Waals surface area contributed by atoms with Crippen LogP contribution in [0.5, 0.6) is 0 Å². The summed E-state index contributed by atoms with van der Waals surface area (Å²) in [4.78, 5) is 25.0. The molecule has 0 aromatic carbocycles. The molecule has 0 amide bonds. The second-order valence-corrected chi connectivity index (χ2v) is 17.1. The lowest BCUT2D eigenvalue weighted by molar-refractivity contribution is -0.870. The van der Waals surface area contributed by atoms with Crippen LogP contribution in [-0.4, -0.2) is 70.7 Å². The summed E-state index contributed by atoms with van der Waals surface area (Å²) >= 11 is 0. The first-order valence-electron chi connectivity index (χ1n) is 21.4. The molecule has 0 aliphatic heterocycles. The van der Waals surface area contributed by atoms with Crippen LogP contribution in [-0.2, 0) is 27.9 Å². The van der Waals surface area contributed by atoms with E-state index in [0.29, 0.717) is 24.1 Å². The van der Waals surface area contributed by atoms with Crippen LogP contribution in [0.4, 0.5) is 0 Å². The molecule has 0 aliphatic rings. The fraction of sp³-hybridized carbons (Fsp3) is 0.929. The topological polar surface area (TPSA) is 94.1 Å². The maximum atomic E-state index is 12.6. The van der Waals surface area contributed by atoms with Gasteiger partial charge in [0, 0.05) is 13.0 Å². The predicted molar refractivity (Wildman–Crippen MR) is 213 cm³/mol. The van der Waals surface area contributed by atoms with Gasteiger partial charge in [0.05, 0.1) is 34.4 Å². The summed E-state index contributed by atoms with van der Waals surface area (Å²) in [7, 11) is 1.36. The van der Waals surface area contributed by atoms with Crippen molar-refractivity contribution in [2.24, 2.45) is 0 Å². The summed E-state index contributed by atoms with van der Waals surface area (Å²) in [6.45, 7) is 5.42. The van der Waals surface area contributed by atoms with Gasteiger partial charge >= 0.3 is 5.97 Å². The highest BCUT2D eigenvalue weighted by atomic mass is 31.2. The minimum absolute atomic E-state index is 0.0280. The summed E-state index contributed by atoms with van der Waals surface area (Å²) in [6, 6.07) is 0. The summed E-state index contributed by atoms with van der Waals surface area (Å²) in [5, 5.41) is 0. The van der Waals surface area contributed by atoms with E-state index in [1.807, 2.05) is 21.1 Å². The molecule has 0 aliphatic carbocycles. The Hall–Kier alpha value is -0.760. The van der Waals surface area contributed by atoms with Crippen LogP contribution in [0, 0.1) is 0 Å². The molecule has 0 fully saturated rings. The maximum Gasteiger partial charge on any atom is 0.306 e. The lowest BCUT2D eigenvalue weighted by Gasteiger charge is -2.28. The normalized spacial score (nSPS) is 13.9. The van der Waals surface area contributed by atoms with Gasteiger partial charge in [0.1, 0.15) is 19.3 Å². The van der Waals surface area contributed by atoms with E-state index in [1.165, 1.54) is 141 Å². The Kier molecular flexibility index (Phi) is 35.7. The molecular weight excluding hydrogens is 661 g/mol. The molecule has 8 nitrogen and oxygen atoms in total. The summed E-state index contributed by atoms with van der Waals surface area (Å²) in [5.74, 6) is -0.335. The van der Waals surface area contributed by atoms with E-state index in [4.69, 9.17) is 18.5 Å². The number of hydrogen-bond donors (Lipinski definition) is 0. The molecule has 2 atom stereocenters. The highest BCUT2D eigenvalue weighted by Gasteiger charge is 2.20. The third-order valence-corrected chi connectivity index (χ3v) is 10.3.